The summed E-state index contributed by atoms with van der Waals surface area (Å²) in [4.78, 5) is 28.4. The molecule has 166 valence electrons. The zero-order chi connectivity index (χ0) is 22.9. The molecule has 1 atom stereocenters. The number of nitrogens with one attached hydrogen (secondary N) is 1. The van der Waals surface area contributed by atoms with Crippen molar-refractivity contribution in [1.82, 2.24) is 10.2 Å². The number of nitrogens with zero attached hydrogens (tertiary/aromatic N) is 1. The second kappa shape index (κ2) is 11.5. The molecule has 1 unspecified atom stereocenters. The van der Waals surface area contributed by atoms with Crippen LogP contribution in [0.2, 0.25) is 5.02 Å². The fourth-order valence-corrected chi connectivity index (χ4v) is 3.86. The average molecular weight is 449 g/mol. The number of aryl methyl sites for hydroxylation is 1. The molecule has 0 aromatic heterocycles. The van der Waals surface area contributed by atoms with Crippen molar-refractivity contribution >= 4 is 23.4 Å². The highest BCUT2D eigenvalue weighted by Gasteiger charge is 2.30. The third-order valence-electron chi connectivity index (χ3n) is 5.33. The van der Waals surface area contributed by atoms with E-state index in [0.717, 1.165) is 22.3 Å². The van der Waals surface area contributed by atoms with Crippen molar-refractivity contribution < 1.29 is 9.59 Å². The minimum absolute atomic E-state index is 0.0854. The van der Waals surface area contributed by atoms with Gasteiger partial charge in [0.25, 0.3) is 0 Å². The number of hydrogen-bond acceptors (Lipinski definition) is 2. The maximum atomic E-state index is 13.6. The lowest BCUT2D eigenvalue weighted by Crippen LogP contribution is -2.50. The standard InChI is InChI=1S/C27H29ClN2O2/c1-3-29-27(32)25(17-21-9-5-4-6-10-21)30(19-22-12-14-24(28)15-13-22)26(31)18-23-11-7-8-20(2)16-23/h4-16,25H,3,17-19H2,1-2H3,(H,29,32). The van der Waals surface area contributed by atoms with Crippen LogP contribution < -0.4 is 5.32 Å². The molecule has 3 aromatic rings. The zero-order valence-corrected chi connectivity index (χ0v) is 19.3. The second-order valence-corrected chi connectivity index (χ2v) is 8.35. The Bertz CT molecular complexity index is 1040. The second-order valence-electron chi connectivity index (χ2n) is 7.91. The number of halogens is 1. The van der Waals surface area contributed by atoms with Crippen molar-refractivity contribution in [2.45, 2.75) is 39.3 Å². The molecule has 0 heterocycles. The van der Waals surface area contributed by atoms with Gasteiger partial charge in [0.05, 0.1) is 6.42 Å². The Morgan fingerprint density at radius 2 is 1.59 bits per heavy atom. The van der Waals surface area contributed by atoms with E-state index in [0.29, 0.717) is 24.5 Å². The predicted octanol–water partition coefficient (Wildman–Crippen LogP) is 4.97. The van der Waals surface area contributed by atoms with Gasteiger partial charge >= 0.3 is 0 Å². The van der Waals surface area contributed by atoms with Gasteiger partial charge in [-0.25, -0.2) is 0 Å². The van der Waals surface area contributed by atoms with Crippen LogP contribution in [-0.2, 0) is 29.0 Å². The van der Waals surface area contributed by atoms with Gasteiger partial charge in [-0.15, -0.1) is 0 Å². The summed E-state index contributed by atoms with van der Waals surface area (Å²) in [5.74, 6) is -0.236. The van der Waals surface area contributed by atoms with Crippen LogP contribution in [0.25, 0.3) is 0 Å². The van der Waals surface area contributed by atoms with E-state index in [4.69, 9.17) is 11.6 Å². The summed E-state index contributed by atoms with van der Waals surface area (Å²) < 4.78 is 0. The lowest BCUT2D eigenvalue weighted by molar-refractivity contribution is -0.140. The number of hydrogen-bond donors (Lipinski definition) is 1. The number of amides is 2. The maximum Gasteiger partial charge on any atom is 0.243 e. The molecule has 0 bridgehead atoms. The van der Waals surface area contributed by atoms with E-state index in [9.17, 15) is 9.59 Å². The number of rotatable bonds is 9. The molecule has 0 aliphatic carbocycles. The fourth-order valence-electron chi connectivity index (χ4n) is 3.73. The largest absolute Gasteiger partial charge is 0.355 e. The Kier molecular flexibility index (Phi) is 8.46. The first kappa shape index (κ1) is 23.6. The Hall–Kier alpha value is -3.11. The Balaban J connectivity index is 1.94. The summed E-state index contributed by atoms with van der Waals surface area (Å²) >= 11 is 6.05. The number of benzene rings is 3. The van der Waals surface area contributed by atoms with Crippen LogP contribution in [-0.4, -0.2) is 29.3 Å². The molecule has 3 rings (SSSR count). The first-order valence-corrected chi connectivity index (χ1v) is 11.2. The lowest BCUT2D eigenvalue weighted by Gasteiger charge is -2.31. The van der Waals surface area contributed by atoms with E-state index in [-0.39, 0.29) is 18.2 Å². The molecule has 1 N–H and O–H groups in total. The van der Waals surface area contributed by atoms with Crippen LogP contribution in [0, 0.1) is 6.92 Å². The summed E-state index contributed by atoms with van der Waals surface area (Å²) in [5.41, 5.74) is 3.97. The van der Waals surface area contributed by atoms with Crippen LogP contribution in [0.5, 0.6) is 0 Å². The Labute approximate surface area is 195 Å². The normalized spacial score (nSPS) is 11.6. The third-order valence-corrected chi connectivity index (χ3v) is 5.58. The highest BCUT2D eigenvalue weighted by atomic mass is 35.5. The molecule has 0 saturated carbocycles. The van der Waals surface area contributed by atoms with Crippen LogP contribution in [0.3, 0.4) is 0 Å². The quantitative estimate of drug-likeness (QED) is 0.502. The molecule has 0 aliphatic rings. The Morgan fingerprint density at radius 1 is 0.906 bits per heavy atom. The summed E-state index contributed by atoms with van der Waals surface area (Å²) in [6.45, 7) is 4.73. The molecular formula is C27H29ClN2O2. The van der Waals surface area contributed by atoms with Crippen LogP contribution >= 0.6 is 11.6 Å². The van der Waals surface area contributed by atoms with Gasteiger partial charge in [0.2, 0.25) is 11.8 Å². The smallest absolute Gasteiger partial charge is 0.243 e. The summed E-state index contributed by atoms with van der Waals surface area (Å²) in [5, 5.41) is 3.55. The minimum atomic E-state index is -0.620. The molecule has 0 fully saturated rings. The first-order valence-electron chi connectivity index (χ1n) is 10.9. The first-order chi connectivity index (χ1) is 15.5. The van der Waals surface area contributed by atoms with Crippen molar-refractivity contribution in [3.05, 3.63) is 106 Å². The van der Waals surface area contributed by atoms with Crippen LogP contribution in [0.1, 0.15) is 29.2 Å². The van der Waals surface area contributed by atoms with E-state index in [1.54, 1.807) is 17.0 Å². The molecule has 2 amide bonds. The lowest BCUT2D eigenvalue weighted by atomic mass is 10.0. The van der Waals surface area contributed by atoms with Crippen molar-refractivity contribution in [1.29, 1.82) is 0 Å². The van der Waals surface area contributed by atoms with Crippen LogP contribution in [0.15, 0.2) is 78.9 Å². The number of carbonyl (C=O) groups excluding carboxylic acids is 2. The van der Waals surface area contributed by atoms with Gasteiger partial charge in [-0.1, -0.05) is 83.9 Å². The van der Waals surface area contributed by atoms with Gasteiger partial charge in [0.1, 0.15) is 6.04 Å². The van der Waals surface area contributed by atoms with E-state index in [1.165, 1.54) is 0 Å². The van der Waals surface area contributed by atoms with Gasteiger partial charge in [0, 0.05) is 24.5 Å². The highest BCUT2D eigenvalue weighted by Crippen LogP contribution is 2.18. The van der Waals surface area contributed by atoms with E-state index < -0.39 is 6.04 Å². The average Bonchev–Trinajstić information content (AvgIpc) is 2.78. The minimum Gasteiger partial charge on any atom is -0.355 e. The van der Waals surface area contributed by atoms with Gasteiger partial charge in [-0.3, -0.25) is 9.59 Å². The van der Waals surface area contributed by atoms with Gasteiger partial charge in [-0.05, 0) is 42.7 Å². The topological polar surface area (TPSA) is 49.4 Å². The predicted molar refractivity (Wildman–Crippen MR) is 130 cm³/mol. The SMILES string of the molecule is CCNC(=O)C(Cc1ccccc1)N(Cc1ccc(Cl)cc1)C(=O)Cc1cccc(C)c1. The zero-order valence-electron chi connectivity index (χ0n) is 18.6. The highest BCUT2D eigenvalue weighted by molar-refractivity contribution is 6.30. The summed E-state index contributed by atoms with van der Waals surface area (Å²) in [6, 6.07) is 24.5. The van der Waals surface area contributed by atoms with Gasteiger partial charge in [0.15, 0.2) is 0 Å². The molecule has 3 aromatic carbocycles. The molecular weight excluding hydrogens is 420 g/mol. The summed E-state index contributed by atoms with van der Waals surface area (Å²) in [6.07, 6.45) is 0.680. The third kappa shape index (κ3) is 6.69. The molecule has 0 saturated heterocycles. The van der Waals surface area contributed by atoms with E-state index >= 15 is 0 Å². The fraction of sp³-hybridized carbons (Fsp3) is 0.259. The van der Waals surface area contributed by atoms with Gasteiger partial charge in [-0.2, -0.15) is 0 Å². The monoisotopic (exact) mass is 448 g/mol. The van der Waals surface area contributed by atoms with E-state index in [1.807, 2.05) is 80.6 Å². The Morgan fingerprint density at radius 3 is 2.25 bits per heavy atom. The van der Waals surface area contributed by atoms with Crippen molar-refractivity contribution in [2.75, 3.05) is 6.54 Å². The van der Waals surface area contributed by atoms with E-state index in [2.05, 4.69) is 5.32 Å². The molecule has 0 spiro atoms. The summed E-state index contributed by atoms with van der Waals surface area (Å²) in [7, 11) is 0. The number of likely N-dealkylation sites (N-methyl/N-ethyl adjacent to an activating group) is 1. The van der Waals surface area contributed by atoms with Crippen molar-refractivity contribution in [3.8, 4) is 0 Å². The number of carbonyl (C=O) groups is 2. The van der Waals surface area contributed by atoms with Gasteiger partial charge < -0.3 is 10.2 Å². The molecule has 32 heavy (non-hydrogen) atoms. The van der Waals surface area contributed by atoms with Crippen molar-refractivity contribution in [3.63, 3.8) is 0 Å². The molecule has 0 aliphatic heterocycles. The molecule has 0 radical (unpaired) electrons. The van der Waals surface area contributed by atoms with Crippen molar-refractivity contribution in [2.24, 2.45) is 0 Å². The molecule has 4 nitrogen and oxygen atoms in total. The van der Waals surface area contributed by atoms with Crippen LogP contribution in [0.4, 0.5) is 0 Å². The molecule has 5 heteroatoms. The maximum absolute atomic E-state index is 13.6.